The van der Waals surface area contributed by atoms with Crippen LogP contribution in [0.4, 0.5) is 0 Å². The van der Waals surface area contributed by atoms with E-state index >= 15 is 0 Å². The van der Waals surface area contributed by atoms with E-state index in [1.807, 2.05) is 54.6 Å². The van der Waals surface area contributed by atoms with E-state index in [0.29, 0.717) is 28.0 Å². The third-order valence-electron chi connectivity index (χ3n) is 6.75. The monoisotopic (exact) mass is 575 g/mol. The predicted molar refractivity (Wildman–Crippen MR) is 154 cm³/mol. The Morgan fingerprint density at radius 1 is 0.907 bits per heavy atom. The first-order valence-electron chi connectivity index (χ1n) is 13.2. The Morgan fingerprint density at radius 2 is 1.67 bits per heavy atom. The van der Waals surface area contributed by atoms with Gasteiger partial charge in [-0.2, -0.15) is 10.5 Å². The Morgan fingerprint density at radius 3 is 2.42 bits per heavy atom. The molecular formula is C32H25N5O6. The maximum absolute atomic E-state index is 11.5. The predicted octanol–water partition coefficient (Wildman–Crippen LogP) is 4.33. The molecule has 43 heavy (non-hydrogen) atoms. The maximum Gasteiger partial charge on any atom is 0.323 e. The van der Waals surface area contributed by atoms with Crippen LogP contribution >= 0.6 is 0 Å². The molecule has 0 spiro atoms. The summed E-state index contributed by atoms with van der Waals surface area (Å²) in [6.07, 6.45) is 0. The van der Waals surface area contributed by atoms with Crippen LogP contribution in [-0.2, 0) is 24.6 Å². The summed E-state index contributed by atoms with van der Waals surface area (Å²) in [5, 5.41) is 48.9. The van der Waals surface area contributed by atoms with Crippen molar-refractivity contribution < 1.29 is 29.1 Å². The zero-order valence-corrected chi connectivity index (χ0v) is 22.7. The highest BCUT2D eigenvalue weighted by molar-refractivity contribution is 5.86. The van der Waals surface area contributed by atoms with Crippen molar-refractivity contribution in [3.63, 3.8) is 0 Å². The summed E-state index contributed by atoms with van der Waals surface area (Å²) >= 11 is 0. The number of aliphatic hydroxyl groups excluding tert-OH is 1. The molecule has 0 bridgehead atoms. The molecule has 1 atom stereocenters. The van der Waals surface area contributed by atoms with Crippen LogP contribution in [0.5, 0.6) is 11.5 Å². The van der Waals surface area contributed by atoms with Crippen molar-refractivity contribution in [2.45, 2.75) is 25.8 Å². The maximum atomic E-state index is 11.5. The van der Waals surface area contributed by atoms with E-state index in [0.717, 1.165) is 16.7 Å². The van der Waals surface area contributed by atoms with Gasteiger partial charge in [-0.25, -0.2) is 4.63 Å². The number of aliphatic hydroxyl groups is 1. The quantitative estimate of drug-likeness (QED) is 0.193. The highest BCUT2D eigenvalue weighted by Crippen LogP contribution is 2.36. The number of ether oxygens (including phenoxy) is 2. The second-order valence-corrected chi connectivity index (χ2v) is 9.47. The first-order chi connectivity index (χ1) is 21.0. The molecule has 4 aromatic carbocycles. The molecule has 0 saturated carbocycles. The van der Waals surface area contributed by atoms with Crippen LogP contribution < -0.4 is 14.8 Å². The van der Waals surface area contributed by atoms with Crippen LogP contribution in [-0.4, -0.2) is 39.1 Å². The number of carboxylic acid groups (broad SMARTS) is 1. The van der Waals surface area contributed by atoms with Gasteiger partial charge in [0, 0.05) is 23.7 Å². The number of carbonyl (C=O) groups is 1. The second kappa shape index (κ2) is 13.3. The van der Waals surface area contributed by atoms with Gasteiger partial charge in [-0.05, 0) is 39.1 Å². The van der Waals surface area contributed by atoms with Gasteiger partial charge in [0.1, 0.15) is 36.6 Å². The number of rotatable bonds is 12. The van der Waals surface area contributed by atoms with Gasteiger partial charge < -0.3 is 19.7 Å². The number of aromatic nitrogens is 2. The Kier molecular flexibility index (Phi) is 8.88. The van der Waals surface area contributed by atoms with E-state index in [1.54, 1.807) is 24.3 Å². The molecule has 1 heterocycles. The van der Waals surface area contributed by atoms with Gasteiger partial charge in [0.05, 0.1) is 23.8 Å². The average Bonchev–Trinajstić information content (AvgIpc) is 3.54. The van der Waals surface area contributed by atoms with Gasteiger partial charge in [0.25, 0.3) is 0 Å². The first-order valence-corrected chi connectivity index (χ1v) is 13.2. The van der Waals surface area contributed by atoms with Crippen LogP contribution in [0.1, 0.15) is 27.8 Å². The van der Waals surface area contributed by atoms with Crippen LogP contribution in [0, 0.1) is 22.7 Å². The van der Waals surface area contributed by atoms with Crippen molar-refractivity contribution in [1.29, 1.82) is 10.5 Å². The zero-order chi connectivity index (χ0) is 30.2. The number of hydrogen-bond donors (Lipinski definition) is 3. The van der Waals surface area contributed by atoms with Crippen molar-refractivity contribution in [3.8, 4) is 34.8 Å². The number of nitriles is 2. The van der Waals surface area contributed by atoms with Crippen molar-refractivity contribution in [2.75, 3.05) is 6.61 Å². The Labute approximate surface area is 246 Å². The fourth-order valence-corrected chi connectivity index (χ4v) is 4.56. The van der Waals surface area contributed by atoms with Gasteiger partial charge in [-0.1, -0.05) is 60.7 Å². The fraction of sp³-hybridized carbons (Fsp3) is 0.156. The van der Waals surface area contributed by atoms with Gasteiger partial charge >= 0.3 is 5.97 Å². The molecule has 0 aliphatic heterocycles. The SMILES string of the molecule is N#Cc1cccc(COc2cc(OCc3cccc(-c4ccccc4)c3C#N)c3nonc3c2CNC(CO)C(=O)O)c1. The van der Waals surface area contributed by atoms with E-state index in [-0.39, 0.29) is 36.5 Å². The summed E-state index contributed by atoms with van der Waals surface area (Å²) in [6, 6.07) is 26.8. The molecule has 0 amide bonds. The van der Waals surface area contributed by atoms with Crippen LogP contribution in [0.15, 0.2) is 83.5 Å². The van der Waals surface area contributed by atoms with Gasteiger partial charge in [-0.15, -0.1) is 0 Å². The summed E-state index contributed by atoms with van der Waals surface area (Å²) in [7, 11) is 0. The molecule has 3 N–H and O–H groups in total. The standard InChI is InChI=1S/C32H25N5O6/c33-14-20-6-4-7-21(12-20)18-41-28-13-29(31-30(36-43-37-31)26(28)16-35-27(17-38)32(39)40)42-19-23-10-5-11-24(25(23)15-34)22-8-2-1-3-9-22/h1-13,27,35,38H,16-19H2,(H,39,40). The first kappa shape index (κ1) is 28.8. The van der Waals surface area contributed by atoms with E-state index in [4.69, 9.17) is 14.1 Å². The summed E-state index contributed by atoms with van der Waals surface area (Å²) < 4.78 is 17.3. The molecule has 0 aliphatic rings. The zero-order valence-electron chi connectivity index (χ0n) is 22.7. The molecule has 1 unspecified atom stereocenters. The molecule has 1 aromatic heterocycles. The third kappa shape index (κ3) is 6.44. The minimum absolute atomic E-state index is 0.0262. The van der Waals surface area contributed by atoms with E-state index < -0.39 is 18.6 Å². The number of nitrogens with zero attached hydrogens (tertiary/aromatic N) is 4. The van der Waals surface area contributed by atoms with E-state index in [1.165, 1.54) is 0 Å². The largest absolute Gasteiger partial charge is 0.488 e. The Bertz CT molecular complexity index is 1840. The normalized spacial score (nSPS) is 11.4. The average molecular weight is 576 g/mol. The van der Waals surface area contributed by atoms with Gasteiger partial charge in [-0.3, -0.25) is 10.1 Å². The lowest BCUT2D eigenvalue weighted by atomic mass is 9.96. The van der Waals surface area contributed by atoms with E-state index in [9.17, 15) is 25.5 Å². The lowest BCUT2D eigenvalue weighted by Gasteiger charge is -2.17. The van der Waals surface area contributed by atoms with Gasteiger partial charge in [0.2, 0.25) is 0 Å². The van der Waals surface area contributed by atoms with Crippen LogP contribution in [0.2, 0.25) is 0 Å². The highest BCUT2D eigenvalue weighted by atomic mass is 16.6. The lowest BCUT2D eigenvalue weighted by molar-refractivity contribution is -0.140. The molecule has 0 radical (unpaired) electrons. The number of aliphatic carboxylic acids is 1. The number of fused-ring (bicyclic) bond motifs is 1. The molecule has 0 aliphatic carbocycles. The molecule has 0 saturated heterocycles. The molecule has 214 valence electrons. The van der Waals surface area contributed by atoms with Crippen LogP contribution in [0.3, 0.4) is 0 Å². The number of carboxylic acids is 1. The van der Waals surface area contributed by atoms with Crippen molar-refractivity contribution in [2.24, 2.45) is 0 Å². The lowest BCUT2D eigenvalue weighted by Crippen LogP contribution is -2.39. The fourth-order valence-electron chi connectivity index (χ4n) is 4.56. The molecule has 5 rings (SSSR count). The molecule has 11 heteroatoms. The van der Waals surface area contributed by atoms with E-state index in [2.05, 4.69) is 27.8 Å². The number of hydrogen-bond acceptors (Lipinski definition) is 10. The summed E-state index contributed by atoms with van der Waals surface area (Å²) in [5.41, 5.74) is 4.98. The topological polar surface area (TPSA) is 175 Å². The van der Waals surface area contributed by atoms with Crippen LogP contribution in [0.25, 0.3) is 22.2 Å². The molecule has 0 fully saturated rings. The molecule has 11 nitrogen and oxygen atoms in total. The summed E-state index contributed by atoms with van der Waals surface area (Å²) in [4.78, 5) is 11.5. The summed E-state index contributed by atoms with van der Waals surface area (Å²) in [5.74, 6) is -0.654. The minimum atomic E-state index is -1.23. The molecular weight excluding hydrogens is 550 g/mol. The highest BCUT2D eigenvalue weighted by Gasteiger charge is 2.23. The Hall–Kier alpha value is -5.75. The minimum Gasteiger partial charge on any atom is -0.488 e. The van der Waals surface area contributed by atoms with Crippen molar-refractivity contribution in [1.82, 2.24) is 15.6 Å². The van der Waals surface area contributed by atoms with Gasteiger partial charge in [0.15, 0.2) is 11.3 Å². The second-order valence-electron chi connectivity index (χ2n) is 9.47. The van der Waals surface area contributed by atoms with Crippen molar-refractivity contribution in [3.05, 3.63) is 107 Å². The molecule has 5 aromatic rings. The number of benzene rings is 4. The number of nitrogens with one attached hydrogen (secondary N) is 1. The smallest absolute Gasteiger partial charge is 0.323 e. The Balaban J connectivity index is 1.49. The summed E-state index contributed by atoms with van der Waals surface area (Å²) in [6.45, 7) is -0.567. The third-order valence-corrected chi connectivity index (χ3v) is 6.75. The van der Waals surface area contributed by atoms with Crippen molar-refractivity contribution >= 4 is 17.0 Å².